The Hall–Kier alpha value is -3.42. The summed E-state index contributed by atoms with van der Waals surface area (Å²) in [7, 11) is 0. The maximum atomic E-state index is 13.4. The first-order chi connectivity index (χ1) is 15.9. The van der Waals surface area contributed by atoms with E-state index in [1.165, 1.54) is 22.6 Å². The van der Waals surface area contributed by atoms with Crippen LogP contribution in [0, 0.1) is 5.82 Å². The van der Waals surface area contributed by atoms with Gasteiger partial charge in [-0.25, -0.2) is 9.18 Å². The van der Waals surface area contributed by atoms with Gasteiger partial charge in [0.15, 0.2) is 0 Å². The van der Waals surface area contributed by atoms with Crippen LogP contribution in [-0.2, 0) is 22.6 Å². The number of nitrogens with one attached hydrogen (secondary N) is 1. The van der Waals surface area contributed by atoms with Crippen LogP contribution in [0.5, 0.6) is 0 Å². The minimum absolute atomic E-state index is 0.0642. The highest BCUT2D eigenvalue weighted by molar-refractivity contribution is 6.35. The molecule has 0 aliphatic carbocycles. The molecule has 2 aromatic rings. The van der Waals surface area contributed by atoms with Gasteiger partial charge in [0.1, 0.15) is 5.82 Å². The average Bonchev–Trinajstić information content (AvgIpc) is 2.83. The monoisotopic (exact) mass is 452 g/mol. The molecule has 8 heteroatoms. The second kappa shape index (κ2) is 10.0. The van der Waals surface area contributed by atoms with Crippen LogP contribution in [0.1, 0.15) is 30.9 Å². The minimum atomic E-state index is -0.554. The maximum Gasteiger partial charge on any atom is 0.321 e. The van der Waals surface area contributed by atoms with Gasteiger partial charge in [-0.1, -0.05) is 31.2 Å². The van der Waals surface area contributed by atoms with Crippen LogP contribution >= 0.6 is 0 Å². The van der Waals surface area contributed by atoms with Crippen molar-refractivity contribution in [2.24, 2.45) is 0 Å². The quantitative estimate of drug-likeness (QED) is 0.708. The molecule has 0 bridgehead atoms. The van der Waals surface area contributed by atoms with Crippen molar-refractivity contribution >= 4 is 23.5 Å². The number of halogens is 1. The predicted molar refractivity (Wildman–Crippen MR) is 123 cm³/mol. The van der Waals surface area contributed by atoms with E-state index in [1.54, 1.807) is 21.9 Å². The molecule has 2 aromatic carbocycles. The first kappa shape index (κ1) is 22.8. The second-order valence-corrected chi connectivity index (χ2v) is 8.55. The van der Waals surface area contributed by atoms with Gasteiger partial charge in [-0.2, -0.15) is 0 Å². The Morgan fingerprint density at radius 1 is 0.970 bits per heavy atom. The van der Waals surface area contributed by atoms with Crippen LogP contribution in [0.25, 0.3) is 0 Å². The first-order valence-electron chi connectivity index (χ1n) is 11.4. The summed E-state index contributed by atoms with van der Waals surface area (Å²) >= 11 is 0. The van der Waals surface area contributed by atoms with Gasteiger partial charge in [0.2, 0.25) is 0 Å². The topological polar surface area (TPSA) is 73.0 Å². The zero-order chi connectivity index (χ0) is 23.4. The number of aryl methyl sites for hydroxylation is 1. The van der Waals surface area contributed by atoms with Crippen LogP contribution < -0.4 is 5.32 Å². The molecule has 174 valence electrons. The van der Waals surface area contributed by atoms with Gasteiger partial charge >= 0.3 is 17.8 Å². The number of benzene rings is 2. The molecule has 2 aliphatic heterocycles. The predicted octanol–water partition coefficient (Wildman–Crippen LogP) is 3.26. The lowest BCUT2D eigenvalue weighted by molar-refractivity contribution is -0.158. The van der Waals surface area contributed by atoms with E-state index in [0.717, 1.165) is 12.1 Å². The summed E-state index contributed by atoms with van der Waals surface area (Å²) in [6.07, 6.45) is 2.21. The van der Waals surface area contributed by atoms with Crippen molar-refractivity contribution in [1.29, 1.82) is 0 Å². The number of piperazine rings is 1. The summed E-state index contributed by atoms with van der Waals surface area (Å²) in [5.41, 5.74) is 2.63. The third kappa shape index (κ3) is 5.32. The summed E-state index contributed by atoms with van der Waals surface area (Å²) in [5, 5.41) is 2.93. The van der Waals surface area contributed by atoms with Crippen LogP contribution in [0.4, 0.5) is 14.9 Å². The SMILES string of the molecule is CCc1ccc(NC(=O)N2CCC(N3CCN(Cc4cccc(F)c4)C(=O)C3=O)CC2)cc1. The number of carbonyl (C=O) groups excluding carboxylic acids is 3. The lowest BCUT2D eigenvalue weighted by Gasteiger charge is -2.42. The second-order valence-electron chi connectivity index (χ2n) is 8.55. The number of likely N-dealkylation sites (tertiary alicyclic amines) is 1. The molecule has 0 spiro atoms. The normalized spacial score (nSPS) is 17.5. The molecule has 33 heavy (non-hydrogen) atoms. The number of rotatable bonds is 5. The molecule has 0 radical (unpaired) electrons. The molecule has 7 nitrogen and oxygen atoms in total. The van der Waals surface area contributed by atoms with E-state index >= 15 is 0 Å². The van der Waals surface area contributed by atoms with Gasteiger partial charge in [-0.15, -0.1) is 0 Å². The standard InChI is InChI=1S/C25H29FN4O3/c1-2-18-6-8-21(9-7-18)27-25(33)28-12-10-22(11-13-28)30-15-14-29(23(31)24(30)32)17-19-4-3-5-20(26)16-19/h3-9,16,22H,2,10-15,17H2,1H3,(H,27,33). The van der Waals surface area contributed by atoms with E-state index in [1.807, 2.05) is 24.3 Å². The zero-order valence-electron chi connectivity index (χ0n) is 18.8. The molecule has 0 unspecified atom stereocenters. The molecule has 2 saturated heterocycles. The summed E-state index contributed by atoms with van der Waals surface area (Å²) in [6.45, 7) is 4.20. The van der Waals surface area contributed by atoms with E-state index < -0.39 is 11.8 Å². The summed E-state index contributed by atoms with van der Waals surface area (Å²) in [5.74, 6) is -1.43. The maximum absolute atomic E-state index is 13.4. The van der Waals surface area contributed by atoms with Crippen molar-refractivity contribution in [2.75, 3.05) is 31.5 Å². The Kier molecular flexibility index (Phi) is 6.91. The number of piperidine rings is 1. The van der Waals surface area contributed by atoms with Crippen molar-refractivity contribution in [2.45, 2.75) is 38.8 Å². The Morgan fingerprint density at radius 3 is 2.36 bits per heavy atom. The fraction of sp³-hybridized carbons (Fsp3) is 0.400. The van der Waals surface area contributed by atoms with Gasteiger partial charge in [-0.05, 0) is 54.7 Å². The van der Waals surface area contributed by atoms with Gasteiger partial charge in [-0.3, -0.25) is 9.59 Å². The number of hydrogen-bond donors (Lipinski definition) is 1. The molecular formula is C25H29FN4O3. The Bertz CT molecular complexity index is 1020. The summed E-state index contributed by atoms with van der Waals surface area (Å²) in [6, 6.07) is 13.6. The number of urea groups is 1. The molecule has 2 heterocycles. The van der Waals surface area contributed by atoms with E-state index in [2.05, 4.69) is 12.2 Å². The van der Waals surface area contributed by atoms with Gasteiger partial charge in [0.05, 0.1) is 0 Å². The van der Waals surface area contributed by atoms with Crippen molar-refractivity contribution in [1.82, 2.24) is 14.7 Å². The van der Waals surface area contributed by atoms with Crippen LogP contribution in [0.3, 0.4) is 0 Å². The molecular weight excluding hydrogens is 423 g/mol. The molecule has 0 atom stereocenters. The molecule has 0 saturated carbocycles. The van der Waals surface area contributed by atoms with E-state index in [4.69, 9.17) is 0 Å². The number of anilines is 1. The number of hydrogen-bond acceptors (Lipinski definition) is 3. The molecule has 0 aromatic heterocycles. The third-order valence-corrected chi connectivity index (χ3v) is 6.41. The van der Waals surface area contributed by atoms with Crippen LogP contribution in [0.15, 0.2) is 48.5 Å². The molecule has 4 rings (SSSR count). The van der Waals surface area contributed by atoms with Gasteiger partial charge in [0, 0.05) is 44.5 Å². The van der Waals surface area contributed by atoms with Gasteiger partial charge in [0.25, 0.3) is 0 Å². The van der Waals surface area contributed by atoms with Crippen LogP contribution in [-0.4, -0.2) is 64.8 Å². The lowest BCUT2D eigenvalue weighted by atomic mass is 10.0. The molecule has 2 fully saturated rings. The zero-order valence-corrected chi connectivity index (χ0v) is 18.8. The Balaban J connectivity index is 1.28. The molecule has 4 amide bonds. The number of nitrogens with zero attached hydrogens (tertiary/aromatic N) is 3. The molecule has 2 aliphatic rings. The minimum Gasteiger partial charge on any atom is -0.330 e. The van der Waals surface area contributed by atoms with Gasteiger partial charge < -0.3 is 20.0 Å². The highest BCUT2D eigenvalue weighted by atomic mass is 19.1. The third-order valence-electron chi connectivity index (χ3n) is 6.41. The largest absolute Gasteiger partial charge is 0.330 e. The van der Waals surface area contributed by atoms with E-state index in [-0.39, 0.29) is 24.4 Å². The number of amides is 4. The Morgan fingerprint density at radius 2 is 1.70 bits per heavy atom. The van der Waals surface area contributed by atoms with E-state index in [9.17, 15) is 18.8 Å². The van der Waals surface area contributed by atoms with E-state index in [0.29, 0.717) is 44.6 Å². The summed E-state index contributed by atoms with van der Waals surface area (Å²) < 4.78 is 13.4. The Labute approximate surface area is 193 Å². The molecule has 1 N–H and O–H groups in total. The van der Waals surface area contributed by atoms with Crippen molar-refractivity contribution < 1.29 is 18.8 Å². The summed E-state index contributed by atoms with van der Waals surface area (Å²) in [4.78, 5) is 42.9. The van der Waals surface area contributed by atoms with Crippen LogP contribution in [0.2, 0.25) is 0 Å². The lowest BCUT2D eigenvalue weighted by Crippen LogP contribution is -2.59. The van der Waals surface area contributed by atoms with Crippen molar-refractivity contribution in [3.63, 3.8) is 0 Å². The average molecular weight is 453 g/mol. The fourth-order valence-electron chi connectivity index (χ4n) is 4.45. The van der Waals surface area contributed by atoms with Crippen molar-refractivity contribution in [3.05, 3.63) is 65.5 Å². The first-order valence-corrected chi connectivity index (χ1v) is 11.4. The highest BCUT2D eigenvalue weighted by Gasteiger charge is 2.38. The highest BCUT2D eigenvalue weighted by Crippen LogP contribution is 2.21. The fourth-order valence-corrected chi connectivity index (χ4v) is 4.45. The smallest absolute Gasteiger partial charge is 0.321 e. The van der Waals surface area contributed by atoms with Crippen molar-refractivity contribution in [3.8, 4) is 0 Å². The number of carbonyl (C=O) groups is 3.